The van der Waals surface area contributed by atoms with Crippen LogP contribution in [0.2, 0.25) is 0 Å². The van der Waals surface area contributed by atoms with E-state index in [4.69, 9.17) is 5.11 Å². The summed E-state index contributed by atoms with van der Waals surface area (Å²) < 4.78 is 0. The topological polar surface area (TPSA) is 40.5 Å². The maximum atomic E-state index is 9.88. The number of hydrogen-bond donors (Lipinski definition) is 1. The highest BCUT2D eigenvalue weighted by atomic mass is 16.4. The van der Waals surface area contributed by atoms with E-state index in [-0.39, 0.29) is 0 Å². The Bertz CT molecular complexity index is 87.7. The first-order valence-corrected chi connectivity index (χ1v) is 2.13. The molecule has 1 radical (unpaired) electrons. The van der Waals surface area contributed by atoms with E-state index in [9.17, 15) is 4.79 Å². The van der Waals surface area contributed by atoms with Crippen molar-refractivity contribution in [1.82, 2.24) is 4.90 Å². The van der Waals surface area contributed by atoms with Crippen molar-refractivity contribution in [2.75, 3.05) is 6.54 Å². The van der Waals surface area contributed by atoms with E-state index in [1.165, 1.54) is 4.90 Å². The Labute approximate surface area is 41.5 Å². The fourth-order valence-electron chi connectivity index (χ4n) is 0.432. The molecular formula is C4H6NO2. The van der Waals surface area contributed by atoms with Crippen LogP contribution in [0.4, 0.5) is 4.79 Å². The van der Waals surface area contributed by atoms with Crippen LogP contribution in [-0.2, 0) is 0 Å². The normalized spacial score (nSPS) is 18.6. The van der Waals surface area contributed by atoms with E-state index in [1.807, 2.05) is 0 Å². The van der Waals surface area contributed by atoms with Gasteiger partial charge in [-0.15, -0.1) is 0 Å². The molecule has 1 fully saturated rings. The van der Waals surface area contributed by atoms with Crippen molar-refractivity contribution in [3.8, 4) is 0 Å². The Morgan fingerprint density at radius 3 is 2.43 bits per heavy atom. The summed E-state index contributed by atoms with van der Waals surface area (Å²) in [7, 11) is 0. The number of rotatable bonds is 0. The molecule has 1 N–H and O–H groups in total. The third-order valence-corrected chi connectivity index (χ3v) is 0.965. The highest BCUT2D eigenvalue weighted by molar-refractivity contribution is 5.66. The number of likely N-dealkylation sites (tertiary alicyclic amines) is 1. The van der Waals surface area contributed by atoms with Crippen LogP contribution in [0.15, 0.2) is 0 Å². The summed E-state index contributed by atoms with van der Waals surface area (Å²) in [6.45, 7) is 2.33. The lowest BCUT2D eigenvalue weighted by Crippen LogP contribution is -2.36. The van der Waals surface area contributed by atoms with Gasteiger partial charge in [0, 0.05) is 6.54 Å². The van der Waals surface area contributed by atoms with Gasteiger partial charge >= 0.3 is 6.09 Å². The van der Waals surface area contributed by atoms with Gasteiger partial charge in [-0.25, -0.2) is 4.79 Å². The van der Waals surface area contributed by atoms with Crippen LogP contribution in [0.3, 0.4) is 0 Å². The molecule has 1 amide bonds. The fraction of sp³-hybridized carbons (Fsp3) is 0.500. The molecule has 0 aromatic heterocycles. The Kier molecular flexibility index (Phi) is 0.889. The predicted octanol–water partition coefficient (Wildman–Crippen LogP) is 0.532. The molecule has 3 nitrogen and oxygen atoms in total. The van der Waals surface area contributed by atoms with Gasteiger partial charge in [-0.05, 0) is 6.42 Å². The van der Waals surface area contributed by atoms with E-state index in [0.29, 0.717) is 6.54 Å². The first-order chi connectivity index (χ1) is 3.30. The van der Waals surface area contributed by atoms with Gasteiger partial charge in [-0.2, -0.15) is 0 Å². The van der Waals surface area contributed by atoms with Crippen molar-refractivity contribution < 1.29 is 9.90 Å². The van der Waals surface area contributed by atoms with Crippen LogP contribution in [0.1, 0.15) is 6.42 Å². The summed E-state index contributed by atoms with van der Waals surface area (Å²) in [5.41, 5.74) is 0. The number of amides is 1. The number of hydrogen-bond acceptors (Lipinski definition) is 1. The first kappa shape index (κ1) is 4.43. The molecule has 1 heterocycles. The summed E-state index contributed by atoms with van der Waals surface area (Å²) in [5.74, 6) is 0. The summed E-state index contributed by atoms with van der Waals surface area (Å²) in [4.78, 5) is 11.1. The monoisotopic (exact) mass is 100 g/mol. The molecule has 3 heteroatoms. The van der Waals surface area contributed by atoms with Crippen LogP contribution in [0.25, 0.3) is 0 Å². The minimum absolute atomic E-state index is 0.676. The summed E-state index contributed by atoms with van der Waals surface area (Å²) >= 11 is 0. The molecule has 0 unspecified atom stereocenters. The molecule has 0 aromatic rings. The lowest BCUT2D eigenvalue weighted by Gasteiger charge is -2.26. The van der Waals surface area contributed by atoms with E-state index in [1.54, 1.807) is 6.54 Å². The van der Waals surface area contributed by atoms with Gasteiger partial charge in [-0.1, -0.05) is 0 Å². The van der Waals surface area contributed by atoms with Crippen LogP contribution in [-0.4, -0.2) is 22.6 Å². The molecule has 7 heavy (non-hydrogen) atoms. The minimum Gasteiger partial charge on any atom is -0.465 e. The molecule has 0 atom stereocenters. The Morgan fingerprint density at radius 1 is 1.86 bits per heavy atom. The maximum Gasteiger partial charge on any atom is 0.407 e. The van der Waals surface area contributed by atoms with Gasteiger partial charge in [0.05, 0.1) is 6.54 Å². The van der Waals surface area contributed by atoms with Gasteiger partial charge in [0.2, 0.25) is 0 Å². The largest absolute Gasteiger partial charge is 0.465 e. The quantitative estimate of drug-likeness (QED) is 0.482. The van der Waals surface area contributed by atoms with Crippen LogP contribution >= 0.6 is 0 Å². The van der Waals surface area contributed by atoms with Crippen molar-refractivity contribution in [3.63, 3.8) is 0 Å². The zero-order chi connectivity index (χ0) is 5.28. The van der Waals surface area contributed by atoms with Crippen LogP contribution in [0, 0.1) is 6.54 Å². The molecule has 1 rings (SSSR count). The van der Waals surface area contributed by atoms with Crippen LogP contribution in [0.5, 0.6) is 0 Å². The third-order valence-electron chi connectivity index (χ3n) is 0.965. The molecule has 1 saturated heterocycles. The van der Waals surface area contributed by atoms with Gasteiger partial charge in [0.1, 0.15) is 0 Å². The molecule has 0 spiro atoms. The number of carbonyl (C=O) groups is 1. The van der Waals surface area contributed by atoms with E-state index in [0.717, 1.165) is 6.42 Å². The second-order valence-corrected chi connectivity index (χ2v) is 1.45. The smallest absolute Gasteiger partial charge is 0.407 e. The molecule has 1 aliphatic heterocycles. The lowest BCUT2D eigenvalue weighted by molar-refractivity contribution is 0.138. The third kappa shape index (κ3) is 0.656. The fourth-order valence-corrected chi connectivity index (χ4v) is 0.432. The van der Waals surface area contributed by atoms with E-state index < -0.39 is 6.09 Å². The Morgan fingerprint density at radius 2 is 2.43 bits per heavy atom. The second-order valence-electron chi connectivity index (χ2n) is 1.45. The molecule has 1 aliphatic rings. The molecule has 0 aliphatic carbocycles. The van der Waals surface area contributed by atoms with Gasteiger partial charge in [-0.3, -0.25) is 0 Å². The first-order valence-electron chi connectivity index (χ1n) is 2.13. The summed E-state index contributed by atoms with van der Waals surface area (Å²) in [6.07, 6.45) is 0.0676. The number of carboxylic acid groups (broad SMARTS) is 1. The second kappa shape index (κ2) is 1.40. The average molecular weight is 100 g/mol. The number of nitrogens with zero attached hydrogens (tertiary/aromatic N) is 1. The molecule has 0 aromatic carbocycles. The minimum atomic E-state index is -0.841. The zero-order valence-corrected chi connectivity index (χ0v) is 3.79. The standard InChI is InChI=1S/C4H6NO2/c6-4(7)5-2-1-3-5/h2H,1,3H2,(H,6,7). The highest BCUT2D eigenvalue weighted by Gasteiger charge is 2.18. The predicted molar refractivity (Wildman–Crippen MR) is 23.6 cm³/mol. The molecule has 0 bridgehead atoms. The van der Waals surface area contributed by atoms with Gasteiger partial charge in [0.15, 0.2) is 0 Å². The average Bonchev–Trinajstić information content (AvgIpc) is 1.23. The van der Waals surface area contributed by atoms with E-state index >= 15 is 0 Å². The van der Waals surface area contributed by atoms with Crippen LogP contribution < -0.4 is 0 Å². The van der Waals surface area contributed by atoms with Crippen molar-refractivity contribution >= 4 is 6.09 Å². The SMILES string of the molecule is O=C(O)N1[CH]CC1. The van der Waals surface area contributed by atoms with Crippen molar-refractivity contribution in [2.45, 2.75) is 6.42 Å². The lowest BCUT2D eigenvalue weighted by atomic mass is 10.2. The zero-order valence-electron chi connectivity index (χ0n) is 3.79. The molecular weight excluding hydrogens is 94.0 g/mol. The van der Waals surface area contributed by atoms with Crippen molar-refractivity contribution in [2.24, 2.45) is 0 Å². The van der Waals surface area contributed by atoms with Crippen molar-refractivity contribution in [3.05, 3.63) is 6.54 Å². The van der Waals surface area contributed by atoms with Gasteiger partial charge < -0.3 is 10.0 Å². The highest BCUT2D eigenvalue weighted by Crippen LogP contribution is 2.09. The van der Waals surface area contributed by atoms with Gasteiger partial charge in [0.25, 0.3) is 0 Å². The molecule has 0 saturated carbocycles. The van der Waals surface area contributed by atoms with E-state index in [2.05, 4.69) is 0 Å². The maximum absolute atomic E-state index is 9.88. The Hall–Kier alpha value is -0.730. The van der Waals surface area contributed by atoms with Crippen molar-refractivity contribution in [1.29, 1.82) is 0 Å². The molecule has 39 valence electrons. The summed E-state index contributed by atoms with van der Waals surface area (Å²) in [5, 5.41) is 8.13. The Balaban J connectivity index is 2.27. The summed E-state index contributed by atoms with van der Waals surface area (Å²) in [6, 6.07) is 0.